The van der Waals surface area contributed by atoms with Crippen molar-refractivity contribution < 1.29 is 9.47 Å². The molecule has 0 amide bonds. The second kappa shape index (κ2) is 8.28. The quantitative estimate of drug-likeness (QED) is 0.405. The maximum atomic E-state index is 6.13. The van der Waals surface area contributed by atoms with E-state index in [0.29, 0.717) is 28.9 Å². The van der Waals surface area contributed by atoms with Crippen LogP contribution in [0.3, 0.4) is 0 Å². The molecule has 0 aromatic heterocycles. The van der Waals surface area contributed by atoms with E-state index in [9.17, 15) is 0 Å². The summed E-state index contributed by atoms with van der Waals surface area (Å²) in [6, 6.07) is 0.543. The Labute approximate surface area is 165 Å². The Morgan fingerprint density at radius 1 is 1.15 bits per heavy atom. The van der Waals surface area contributed by atoms with Crippen molar-refractivity contribution in [3.8, 4) is 0 Å². The highest BCUT2D eigenvalue weighted by Gasteiger charge is 2.65. The molecular weight excluding hydrogens is 338 g/mol. The zero-order valence-corrected chi connectivity index (χ0v) is 17.4. The van der Waals surface area contributed by atoms with Crippen LogP contribution in [-0.2, 0) is 9.47 Å². The van der Waals surface area contributed by atoms with Crippen molar-refractivity contribution in [1.29, 1.82) is 0 Å². The zero-order valence-electron chi connectivity index (χ0n) is 17.4. The maximum Gasteiger partial charge on any atom is 0.191 e. The molecular formula is C22H39N3O2. The lowest BCUT2D eigenvalue weighted by Gasteiger charge is -2.57. The molecule has 154 valence electrons. The molecule has 0 aromatic carbocycles. The van der Waals surface area contributed by atoms with E-state index in [1.165, 1.54) is 57.8 Å². The predicted octanol–water partition coefficient (Wildman–Crippen LogP) is 3.49. The molecule has 4 rings (SSSR count). The lowest BCUT2D eigenvalue weighted by atomic mass is 9.54. The van der Waals surface area contributed by atoms with E-state index >= 15 is 0 Å². The Morgan fingerprint density at radius 2 is 1.89 bits per heavy atom. The second-order valence-electron chi connectivity index (χ2n) is 9.39. The number of nitrogens with zero attached hydrogens (tertiary/aromatic N) is 1. The molecule has 1 spiro atoms. The number of nitrogens with one attached hydrogen (secondary N) is 2. The van der Waals surface area contributed by atoms with E-state index in [0.717, 1.165) is 38.7 Å². The minimum Gasteiger partial charge on any atom is -0.382 e. The van der Waals surface area contributed by atoms with Gasteiger partial charge < -0.3 is 20.1 Å². The molecule has 0 aromatic rings. The van der Waals surface area contributed by atoms with Gasteiger partial charge in [0.15, 0.2) is 5.96 Å². The number of ether oxygens (including phenoxy) is 2. The summed E-state index contributed by atoms with van der Waals surface area (Å²) in [5.41, 5.74) is 0.759. The zero-order chi connectivity index (χ0) is 18.7. The molecule has 4 aliphatic rings. The minimum atomic E-state index is 0.374. The summed E-state index contributed by atoms with van der Waals surface area (Å²) in [5.74, 6) is 1.68. The summed E-state index contributed by atoms with van der Waals surface area (Å²) in [6.07, 6.45) is 13.6. The summed E-state index contributed by atoms with van der Waals surface area (Å²) >= 11 is 0. The SMILES string of the molecule is CCOCCC1(CNC(=NC)NC2C3CCOC3C23CCCC3)CCCC1. The van der Waals surface area contributed by atoms with Crippen LogP contribution < -0.4 is 10.6 Å². The van der Waals surface area contributed by atoms with Crippen LogP contribution in [0.25, 0.3) is 0 Å². The van der Waals surface area contributed by atoms with Gasteiger partial charge in [-0.15, -0.1) is 0 Å². The van der Waals surface area contributed by atoms with Crippen LogP contribution in [0.2, 0.25) is 0 Å². The fraction of sp³-hybridized carbons (Fsp3) is 0.955. The monoisotopic (exact) mass is 377 g/mol. The van der Waals surface area contributed by atoms with Crippen molar-refractivity contribution in [3.05, 3.63) is 0 Å². The van der Waals surface area contributed by atoms with E-state index in [1.807, 2.05) is 7.05 Å². The first-order valence-electron chi connectivity index (χ1n) is 11.4. The summed E-state index contributed by atoms with van der Waals surface area (Å²) < 4.78 is 11.8. The third-order valence-electron chi connectivity index (χ3n) is 8.08. The molecule has 1 aliphatic heterocycles. The van der Waals surface area contributed by atoms with E-state index in [1.54, 1.807) is 0 Å². The smallest absolute Gasteiger partial charge is 0.191 e. The van der Waals surface area contributed by atoms with Gasteiger partial charge >= 0.3 is 0 Å². The molecule has 4 fully saturated rings. The van der Waals surface area contributed by atoms with Crippen LogP contribution in [0.5, 0.6) is 0 Å². The molecule has 0 bridgehead atoms. The van der Waals surface area contributed by atoms with Crippen molar-refractivity contribution in [2.24, 2.45) is 21.7 Å². The summed E-state index contributed by atoms with van der Waals surface area (Å²) in [5, 5.41) is 7.55. The molecule has 27 heavy (non-hydrogen) atoms. The Balaban J connectivity index is 1.35. The van der Waals surface area contributed by atoms with Gasteiger partial charge in [-0.3, -0.25) is 4.99 Å². The number of hydrogen-bond acceptors (Lipinski definition) is 3. The van der Waals surface area contributed by atoms with Gasteiger partial charge in [0.05, 0.1) is 6.10 Å². The highest BCUT2D eigenvalue weighted by Crippen LogP contribution is 2.60. The van der Waals surface area contributed by atoms with Crippen LogP contribution in [0.15, 0.2) is 4.99 Å². The first-order valence-corrected chi connectivity index (χ1v) is 11.4. The molecule has 3 atom stereocenters. The van der Waals surface area contributed by atoms with Gasteiger partial charge in [0.1, 0.15) is 0 Å². The Hall–Kier alpha value is -0.810. The van der Waals surface area contributed by atoms with Crippen molar-refractivity contribution in [1.82, 2.24) is 10.6 Å². The topological polar surface area (TPSA) is 54.9 Å². The average Bonchev–Trinajstić information content (AvgIpc) is 3.42. The molecule has 0 radical (unpaired) electrons. The lowest BCUT2D eigenvalue weighted by molar-refractivity contribution is -0.125. The van der Waals surface area contributed by atoms with Gasteiger partial charge in [0, 0.05) is 50.8 Å². The fourth-order valence-corrected chi connectivity index (χ4v) is 6.59. The van der Waals surface area contributed by atoms with E-state index < -0.39 is 0 Å². The van der Waals surface area contributed by atoms with Crippen molar-refractivity contribution >= 4 is 5.96 Å². The minimum absolute atomic E-state index is 0.374. The third-order valence-corrected chi connectivity index (χ3v) is 8.08. The van der Waals surface area contributed by atoms with Crippen molar-refractivity contribution in [2.45, 2.75) is 83.3 Å². The molecule has 1 heterocycles. The lowest BCUT2D eigenvalue weighted by Crippen LogP contribution is -2.69. The molecule has 2 N–H and O–H groups in total. The summed E-state index contributed by atoms with van der Waals surface area (Å²) in [4.78, 5) is 4.59. The van der Waals surface area contributed by atoms with Gasteiger partial charge in [-0.25, -0.2) is 0 Å². The maximum absolute atomic E-state index is 6.13. The van der Waals surface area contributed by atoms with Gasteiger partial charge in [-0.1, -0.05) is 25.7 Å². The molecule has 3 unspecified atom stereocenters. The summed E-state index contributed by atoms with van der Waals surface area (Å²) in [6.45, 7) is 5.76. The normalized spacial score (nSPS) is 33.9. The molecule has 3 saturated carbocycles. The number of guanidine groups is 1. The highest BCUT2D eigenvalue weighted by molar-refractivity contribution is 5.80. The Bertz CT molecular complexity index is 524. The van der Waals surface area contributed by atoms with E-state index in [-0.39, 0.29) is 0 Å². The van der Waals surface area contributed by atoms with Gasteiger partial charge in [0.25, 0.3) is 0 Å². The van der Waals surface area contributed by atoms with Crippen LogP contribution in [0.4, 0.5) is 0 Å². The average molecular weight is 378 g/mol. The number of fused-ring (bicyclic) bond motifs is 2. The predicted molar refractivity (Wildman–Crippen MR) is 109 cm³/mol. The van der Waals surface area contributed by atoms with Gasteiger partial charge in [-0.05, 0) is 50.9 Å². The molecule has 3 aliphatic carbocycles. The van der Waals surface area contributed by atoms with Crippen LogP contribution >= 0.6 is 0 Å². The number of hydrogen-bond donors (Lipinski definition) is 2. The van der Waals surface area contributed by atoms with Crippen LogP contribution in [0, 0.1) is 16.7 Å². The summed E-state index contributed by atoms with van der Waals surface area (Å²) in [7, 11) is 1.92. The fourth-order valence-electron chi connectivity index (χ4n) is 6.59. The van der Waals surface area contributed by atoms with Crippen LogP contribution in [0.1, 0.15) is 71.1 Å². The standard InChI is InChI=1S/C22H39N3O2/c1-3-26-15-13-21(9-4-5-10-21)16-24-20(23-2)25-18-17-8-14-27-19(17)22(18)11-6-7-12-22/h17-19H,3-16H2,1-2H3,(H2,23,24,25). The van der Waals surface area contributed by atoms with E-state index in [2.05, 4.69) is 22.5 Å². The second-order valence-corrected chi connectivity index (χ2v) is 9.39. The van der Waals surface area contributed by atoms with Crippen molar-refractivity contribution in [2.75, 3.05) is 33.4 Å². The Morgan fingerprint density at radius 3 is 2.59 bits per heavy atom. The van der Waals surface area contributed by atoms with Crippen LogP contribution in [-0.4, -0.2) is 51.5 Å². The Kier molecular flexibility index (Phi) is 5.98. The third kappa shape index (κ3) is 3.62. The first kappa shape index (κ1) is 19.5. The van der Waals surface area contributed by atoms with Gasteiger partial charge in [-0.2, -0.15) is 0 Å². The highest BCUT2D eigenvalue weighted by atomic mass is 16.5. The van der Waals surface area contributed by atoms with Gasteiger partial charge in [0.2, 0.25) is 0 Å². The van der Waals surface area contributed by atoms with E-state index in [4.69, 9.17) is 9.47 Å². The van der Waals surface area contributed by atoms with Crippen molar-refractivity contribution in [3.63, 3.8) is 0 Å². The molecule has 5 heteroatoms. The molecule has 1 saturated heterocycles. The molecule has 5 nitrogen and oxygen atoms in total. The number of rotatable bonds is 7. The number of aliphatic imine (C=N–C) groups is 1. The first-order chi connectivity index (χ1) is 13.2. The largest absolute Gasteiger partial charge is 0.382 e.